The summed E-state index contributed by atoms with van der Waals surface area (Å²) in [7, 11) is 0. The van der Waals surface area contributed by atoms with Gasteiger partial charge < -0.3 is 4.55 Å². The highest BCUT2D eigenvalue weighted by molar-refractivity contribution is 7.90. The van der Waals surface area contributed by atoms with E-state index in [0.717, 1.165) is 5.56 Å². The molecule has 0 amide bonds. The molecule has 1 rings (SSSR count). The minimum atomic E-state index is -1.12. The lowest BCUT2D eigenvalue weighted by Gasteiger charge is -2.31. The average Bonchev–Trinajstić information content (AvgIpc) is 2.32. The minimum absolute atomic E-state index is 0.0807. The van der Waals surface area contributed by atoms with E-state index in [1.54, 1.807) is 0 Å². The Labute approximate surface area is 126 Å². The maximum Gasteiger partial charge on any atom is 0.136 e. The molecular formula is C17H25NOS. The van der Waals surface area contributed by atoms with Crippen molar-refractivity contribution in [2.24, 2.45) is 5.41 Å². The smallest absolute Gasteiger partial charge is 0.136 e. The van der Waals surface area contributed by atoms with Gasteiger partial charge in [-0.3, -0.25) is 0 Å². The Morgan fingerprint density at radius 3 is 2.05 bits per heavy atom. The molecule has 0 aliphatic carbocycles. The molecule has 2 nitrogen and oxygen atoms in total. The summed E-state index contributed by atoms with van der Waals surface area (Å²) < 4.78 is 15.1. The first-order valence-corrected chi connectivity index (χ1v) is 8.00. The molecule has 2 unspecified atom stereocenters. The molecule has 0 saturated heterocycles. The summed E-state index contributed by atoms with van der Waals surface area (Å²) >= 11 is -1.12. The van der Waals surface area contributed by atoms with Crippen LogP contribution >= 0.6 is 0 Å². The minimum Gasteiger partial charge on any atom is -0.598 e. The van der Waals surface area contributed by atoms with E-state index in [2.05, 4.69) is 37.3 Å². The van der Waals surface area contributed by atoms with Crippen molar-refractivity contribution in [2.45, 2.75) is 52.3 Å². The molecule has 1 aromatic carbocycles. The SMILES string of the molecule is CC(C)(C)C(C#Cc1ccccc1)N[S+]([O-])C(C)(C)C. The summed E-state index contributed by atoms with van der Waals surface area (Å²) in [6, 6.07) is 9.75. The van der Waals surface area contributed by atoms with Crippen LogP contribution < -0.4 is 4.72 Å². The molecule has 0 aliphatic heterocycles. The summed E-state index contributed by atoms with van der Waals surface area (Å²) in [5.41, 5.74) is 0.896. The average molecular weight is 291 g/mol. The third-order valence-electron chi connectivity index (χ3n) is 2.78. The second-order valence-corrected chi connectivity index (χ2v) is 8.93. The first-order valence-electron chi connectivity index (χ1n) is 6.85. The van der Waals surface area contributed by atoms with Crippen LogP contribution in [0, 0.1) is 17.3 Å². The van der Waals surface area contributed by atoms with Crippen LogP contribution in [0.15, 0.2) is 30.3 Å². The summed E-state index contributed by atoms with van der Waals surface area (Å²) in [5, 5.41) is 0. The number of nitrogens with one attached hydrogen (secondary N) is 1. The Morgan fingerprint density at radius 1 is 1.05 bits per heavy atom. The van der Waals surface area contributed by atoms with Crippen LogP contribution in [0.1, 0.15) is 47.1 Å². The van der Waals surface area contributed by atoms with Gasteiger partial charge in [0.15, 0.2) is 0 Å². The topological polar surface area (TPSA) is 35.1 Å². The summed E-state index contributed by atoms with van der Waals surface area (Å²) in [5.74, 6) is 6.39. The molecule has 0 heterocycles. The molecule has 0 aliphatic rings. The van der Waals surface area contributed by atoms with Gasteiger partial charge >= 0.3 is 0 Å². The number of benzene rings is 1. The van der Waals surface area contributed by atoms with E-state index in [4.69, 9.17) is 0 Å². The van der Waals surface area contributed by atoms with E-state index in [0.29, 0.717) is 0 Å². The van der Waals surface area contributed by atoms with Gasteiger partial charge in [0, 0.05) is 16.9 Å². The Balaban J connectivity index is 2.90. The molecule has 0 spiro atoms. The molecular weight excluding hydrogens is 266 g/mol. The van der Waals surface area contributed by atoms with E-state index in [9.17, 15) is 4.55 Å². The quantitative estimate of drug-likeness (QED) is 0.668. The monoisotopic (exact) mass is 291 g/mol. The normalized spacial score (nSPS) is 15.2. The van der Waals surface area contributed by atoms with Gasteiger partial charge in [-0.15, -0.1) is 4.72 Å². The Hall–Kier alpha value is -0.950. The van der Waals surface area contributed by atoms with Crippen molar-refractivity contribution in [3.05, 3.63) is 35.9 Å². The van der Waals surface area contributed by atoms with E-state index < -0.39 is 11.4 Å². The highest BCUT2D eigenvalue weighted by Gasteiger charge is 2.33. The zero-order valence-electron chi connectivity index (χ0n) is 13.3. The molecule has 0 aromatic heterocycles. The maximum absolute atomic E-state index is 12.3. The van der Waals surface area contributed by atoms with Gasteiger partial charge in [0.05, 0.1) is 0 Å². The third-order valence-corrected chi connectivity index (χ3v) is 4.34. The molecule has 0 saturated carbocycles. The van der Waals surface area contributed by atoms with E-state index >= 15 is 0 Å². The van der Waals surface area contributed by atoms with E-state index in [1.807, 2.05) is 51.1 Å². The second-order valence-electron chi connectivity index (χ2n) is 6.93. The fourth-order valence-corrected chi connectivity index (χ4v) is 2.36. The zero-order valence-corrected chi connectivity index (χ0v) is 14.1. The Bertz CT molecular complexity index is 474. The van der Waals surface area contributed by atoms with Crippen LogP contribution in [0.25, 0.3) is 0 Å². The fraction of sp³-hybridized carbons (Fsp3) is 0.529. The van der Waals surface area contributed by atoms with Gasteiger partial charge in [-0.1, -0.05) is 50.8 Å². The van der Waals surface area contributed by atoms with Crippen molar-refractivity contribution < 1.29 is 4.55 Å². The van der Waals surface area contributed by atoms with Crippen molar-refractivity contribution in [3.63, 3.8) is 0 Å². The van der Waals surface area contributed by atoms with Gasteiger partial charge in [-0.25, -0.2) is 0 Å². The lowest BCUT2D eigenvalue weighted by molar-refractivity contribution is 0.350. The number of rotatable bonds is 2. The summed E-state index contributed by atoms with van der Waals surface area (Å²) in [6.07, 6.45) is 0. The van der Waals surface area contributed by atoms with Crippen LogP contribution in [0.4, 0.5) is 0 Å². The molecule has 2 atom stereocenters. The van der Waals surface area contributed by atoms with E-state index in [1.165, 1.54) is 0 Å². The Kier molecular flexibility index (Phi) is 5.70. The van der Waals surface area contributed by atoms with Crippen LogP contribution in [-0.4, -0.2) is 15.3 Å². The lowest BCUT2D eigenvalue weighted by atomic mass is 9.88. The number of hydrogen-bond donors (Lipinski definition) is 1. The zero-order chi connectivity index (χ0) is 15.4. The van der Waals surface area contributed by atoms with Crippen LogP contribution in [0.3, 0.4) is 0 Å². The largest absolute Gasteiger partial charge is 0.598 e. The molecule has 0 bridgehead atoms. The second kappa shape index (κ2) is 6.67. The lowest BCUT2D eigenvalue weighted by Crippen LogP contribution is -2.49. The molecule has 1 aromatic rings. The highest BCUT2D eigenvalue weighted by atomic mass is 32.2. The Morgan fingerprint density at radius 2 is 1.60 bits per heavy atom. The van der Waals surface area contributed by atoms with Crippen molar-refractivity contribution in [2.75, 3.05) is 0 Å². The van der Waals surface area contributed by atoms with Gasteiger partial charge in [0.25, 0.3) is 0 Å². The van der Waals surface area contributed by atoms with Gasteiger partial charge in [0.1, 0.15) is 10.8 Å². The molecule has 1 N–H and O–H groups in total. The molecule has 20 heavy (non-hydrogen) atoms. The van der Waals surface area contributed by atoms with Crippen LogP contribution in [0.5, 0.6) is 0 Å². The van der Waals surface area contributed by atoms with Gasteiger partial charge in [0.2, 0.25) is 0 Å². The summed E-state index contributed by atoms with van der Waals surface area (Å²) in [6.45, 7) is 12.2. The molecule has 0 fully saturated rings. The van der Waals surface area contributed by atoms with Gasteiger partial charge in [-0.05, 0) is 38.3 Å². The van der Waals surface area contributed by atoms with Crippen LogP contribution in [-0.2, 0) is 11.4 Å². The maximum atomic E-state index is 12.3. The van der Waals surface area contributed by atoms with Crippen molar-refractivity contribution in [1.82, 2.24) is 4.72 Å². The van der Waals surface area contributed by atoms with Crippen molar-refractivity contribution in [1.29, 1.82) is 0 Å². The number of hydrogen-bond acceptors (Lipinski definition) is 2. The standard InChI is InChI=1S/C17H25NOS/c1-16(2,3)15(18-20(19)17(4,5)6)13-12-14-10-8-7-9-11-14/h7-11,15,18H,1-6H3. The van der Waals surface area contributed by atoms with Crippen molar-refractivity contribution in [3.8, 4) is 11.8 Å². The predicted octanol–water partition coefficient (Wildman–Crippen LogP) is 3.50. The molecule has 0 radical (unpaired) electrons. The fourth-order valence-electron chi connectivity index (χ4n) is 1.38. The van der Waals surface area contributed by atoms with Crippen molar-refractivity contribution >= 4 is 11.4 Å². The van der Waals surface area contributed by atoms with Crippen LogP contribution in [0.2, 0.25) is 0 Å². The summed E-state index contributed by atoms with van der Waals surface area (Å²) in [4.78, 5) is 0. The first-order chi connectivity index (χ1) is 9.10. The first kappa shape index (κ1) is 17.1. The molecule has 110 valence electrons. The predicted molar refractivity (Wildman–Crippen MR) is 87.6 cm³/mol. The highest BCUT2D eigenvalue weighted by Crippen LogP contribution is 2.22. The molecule has 3 heteroatoms. The third kappa shape index (κ3) is 5.58. The van der Waals surface area contributed by atoms with E-state index in [-0.39, 0.29) is 16.2 Å². The van der Waals surface area contributed by atoms with Gasteiger partial charge in [-0.2, -0.15) is 0 Å².